The van der Waals surface area contributed by atoms with Gasteiger partial charge in [-0.1, -0.05) is 12.1 Å². The van der Waals surface area contributed by atoms with Gasteiger partial charge in [0.25, 0.3) is 5.91 Å². The molecule has 1 atom stereocenters. The minimum atomic E-state index is -0.280. The van der Waals surface area contributed by atoms with E-state index in [0.717, 1.165) is 18.4 Å². The molecule has 0 aliphatic rings. The van der Waals surface area contributed by atoms with Crippen molar-refractivity contribution in [3.8, 4) is 5.75 Å². The zero-order chi connectivity index (χ0) is 15.0. The van der Waals surface area contributed by atoms with Gasteiger partial charge in [0.1, 0.15) is 5.75 Å². The second kappa shape index (κ2) is 8.59. The van der Waals surface area contributed by atoms with Crippen molar-refractivity contribution in [1.29, 1.82) is 0 Å². The van der Waals surface area contributed by atoms with E-state index >= 15 is 0 Å². The van der Waals surface area contributed by atoms with Gasteiger partial charge in [0.2, 0.25) is 0 Å². The number of carbonyl (C=O) groups excluding carboxylic acids is 1. The van der Waals surface area contributed by atoms with Crippen molar-refractivity contribution in [1.82, 2.24) is 4.90 Å². The second-order valence-electron chi connectivity index (χ2n) is 4.89. The molecule has 1 N–H and O–H groups in total. The highest BCUT2D eigenvalue weighted by Crippen LogP contribution is 2.14. The summed E-state index contributed by atoms with van der Waals surface area (Å²) >= 11 is 0. The molecule has 0 aliphatic carbocycles. The standard InChI is InChI=1S/C16H25NO3/c1-4-17(5-2)16(19)12-20-15-10-8-14(9-11-15)7-6-13(3)18/h8-11,13,18H,4-7,12H2,1-3H3. The van der Waals surface area contributed by atoms with Crippen LogP contribution in [0.25, 0.3) is 0 Å². The van der Waals surface area contributed by atoms with E-state index in [1.54, 1.807) is 11.8 Å². The lowest BCUT2D eigenvalue weighted by Crippen LogP contribution is -2.34. The van der Waals surface area contributed by atoms with Crippen molar-refractivity contribution in [2.24, 2.45) is 0 Å². The summed E-state index contributed by atoms with van der Waals surface area (Å²) in [5, 5.41) is 9.25. The first-order valence-corrected chi connectivity index (χ1v) is 7.24. The van der Waals surface area contributed by atoms with E-state index < -0.39 is 0 Å². The average molecular weight is 279 g/mol. The highest BCUT2D eigenvalue weighted by molar-refractivity contribution is 5.77. The summed E-state index contributed by atoms with van der Waals surface area (Å²) < 4.78 is 5.49. The molecule has 0 saturated heterocycles. The normalized spacial score (nSPS) is 12.0. The molecule has 20 heavy (non-hydrogen) atoms. The number of hydrogen-bond acceptors (Lipinski definition) is 3. The molecule has 0 heterocycles. The van der Waals surface area contributed by atoms with Crippen molar-refractivity contribution in [2.45, 2.75) is 39.7 Å². The third-order valence-electron chi connectivity index (χ3n) is 3.25. The van der Waals surface area contributed by atoms with Crippen LogP contribution in [0, 0.1) is 0 Å². The molecule has 0 spiro atoms. The van der Waals surface area contributed by atoms with Crippen molar-refractivity contribution >= 4 is 5.91 Å². The molecule has 1 unspecified atom stereocenters. The van der Waals surface area contributed by atoms with Crippen LogP contribution >= 0.6 is 0 Å². The largest absolute Gasteiger partial charge is 0.484 e. The third-order valence-corrected chi connectivity index (χ3v) is 3.25. The zero-order valence-corrected chi connectivity index (χ0v) is 12.6. The first-order valence-electron chi connectivity index (χ1n) is 7.24. The van der Waals surface area contributed by atoms with Gasteiger partial charge >= 0.3 is 0 Å². The number of aliphatic hydroxyl groups excluding tert-OH is 1. The summed E-state index contributed by atoms with van der Waals surface area (Å²) in [4.78, 5) is 13.5. The Morgan fingerprint density at radius 2 is 1.85 bits per heavy atom. The topological polar surface area (TPSA) is 49.8 Å². The molecule has 1 amide bonds. The van der Waals surface area contributed by atoms with E-state index in [-0.39, 0.29) is 18.6 Å². The number of benzene rings is 1. The Kier molecular flexibility index (Phi) is 7.09. The minimum Gasteiger partial charge on any atom is -0.484 e. The molecule has 4 heteroatoms. The maximum Gasteiger partial charge on any atom is 0.260 e. The third kappa shape index (κ3) is 5.61. The summed E-state index contributed by atoms with van der Waals surface area (Å²) in [7, 11) is 0. The van der Waals surface area contributed by atoms with Crippen LogP contribution in [0.1, 0.15) is 32.8 Å². The van der Waals surface area contributed by atoms with Crippen LogP contribution in [0.5, 0.6) is 5.75 Å². The number of amides is 1. The number of hydrogen-bond donors (Lipinski definition) is 1. The maximum atomic E-state index is 11.8. The van der Waals surface area contributed by atoms with E-state index in [4.69, 9.17) is 4.74 Å². The Morgan fingerprint density at radius 3 is 2.35 bits per heavy atom. The molecule has 1 aromatic rings. The highest BCUT2D eigenvalue weighted by atomic mass is 16.5. The highest BCUT2D eigenvalue weighted by Gasteiger charge is 2.09. The molecule has 112 valence electrons. The van der Waals surface area contributed by atoms with Crippen LogP contribution in [-0.4, -0.2) is 41.7 Å². The molecule has 1 rings (SSSR count). The zero-order valence-electron chi connectivity index (χ0n) is 12.6. The van der Waals surface area contributed by atoms with Gasteiger partial charge in [-0.15, -0.1) is 0 Å². The van der Waals surface area contributed by atoms with Gasteiger partial charge < -0.3 is 14.7 Å². The van der Waals surface area contributed by atoms with Gasteiger partial charge in [0.15, 0.2) is 6.61 Å². The van der Waals surface area contributed by atoms with Crippen LogP contribution in [-0.2, 0) is 11.2 Å². The summed E-state index contributed by atoms with van der Waals surface area (Å²) in [5.74, 6) is 0.708. The van der Waals surface area contributed by atoms with Gasteiger partial charge in [0.05, 0.1) is 6.10 Å². The summed E-state index contributed by atoms with van der Waals surface area (Å²) in [6.45, 7) is 7.19. The molecule has 4 nitrogen and oxygen atoms in total. The van der Waals surface area contributed by atoms with Crippen LogP contribution in [0.3, 0.4) is 0 Å². The van der Waals surface area contributed by atoms with E-state index in [9.17, 15) is 9.90 Å². The fraction of sp³-hybridized carbons (Fsp3) is 0.562. The molecule has 0 bridgehead atoms. The number of ether oxygens (including phenoxy) is 1. The first kappa shape index (κ1) is 16.5. The Bertz CT molecular complexity index is 397. The number of carbonyl (C=O) groups is 1. The number of rotatable bonds is 8. The predicted molar refractivity (Wildman–Crippen MR) is 79.9 cm³/mol. The SMILES string of the molecule is CCN(CC)C(=O)COc1ccc(CCC(C)O)cc1. The molecule has 0 radical (unpaired) electrons. The Labute approximate surface area is 121 Å². The van der Waals surface area contributed by atoms with Gasteiger partial charge in [-0.05, 0) is 51.3 Å². The Morgan fingerprint density at radius 1 is 1.25 bits per heavy atom. The predicted octanol–water partition coefficient (Wildman–Crippen LogP) is 2.25. The lowest BCUT2D eigenvalue weighted by Gasteiger charge is -2.18. The first-order chi connectivity index (χ1) is 9.56. The van der Waals surface area contributed by atoms with E-state index in [0.29, 0.717) is 18.8 Å². The molecule has 0 fully saturated rings. The van der Waals surface area contributed by atoms with Gasteiger partial charge in [0, 0.05) is 13.1 Å². The van der Waals surface area contributed by atoms with Crippen molar-refractivity contribution in [3.63, 3.8) is 0 Å². The lowest BCUT2D eigenvalue weighted by molar-refractivity contribution is -0.132. The van der Waals surface area contributed by atoms with Crippen LogP contribution in [0.4, 0.5) is 0 Å². The Hall–Kier alpha value is -1.55. The van der Waals surface area contributed by atoms with Crippen LogP contribution in [0.2, 0.25) is 0 Å². The van der Waals surface area contributed by atoms with E-state index in [2.05, 4.69) is 0 Å². The minimum absolute atomic E-state index is 0.00758. The van der Waals surface area contributed by atoms with Crippen molar-refractivity contribution < 1.29 is 14.6 Å². The molecular formula is C16H25NO3. The van der Waals surface area contributed by atoms with Crippen molar-refractivity contribution in [3.05, 3.63) is 29.8 Å². The summed E-state index contributed by atoms with van der Waals surface area (Å²) in [5.41, 5.74) is 1.16. The number of likely N-dealkylation sites (N-methyl/N-ethyl adjacent to an activating group) is 1. The fourth-order valence-electron chi connectivity index (χ4n) is 1.94. The van der Waals surface area contributed by atoms with E-state index in [1.807, 2.05) is 38.1 Å². The lowest BCUT2D eigenvalue weighted by atomic mass is 10.1. The second-order valence-corrected chi connectivity index (χ2v) is 4.89. The number of aryl methyl sites for hydroxylation is 1. The monoisotopic (exact) mass is 279 g/mol. The molecule has 0 aliphatic heterocycles. The molecule has 0 aromatic heterocycles. The average Bonchev–Trinajstić information content (AvgIpc) is 2.45. The summed E-state index contributed by atoms with van der Waals surface area (Å²) in [6, 6.07) is 7.68. The fourth-order valence-corrected chi connectivity index (χ4v) is 1.94. The summed E-state index contributed by atoms with van der Waals surface area (Å²) in [6.07, 6.45) is 1.31. The molecular weight excluding hydrogens is 254 g/mol. The quantitative estimate of drug-likeness (QED) is 0.794. The smallest absolute Gasteiger partial charge is 0.260 e. The molecule has 0 saturated carbocycles. The van der Waals surface area contributed by atoms with Gasteiger partial charge in [-0.2, -0.15) is 0 Å². The maximum absolute atomic E-state index is 11.8. The number of nitrogens with zero attached hydrogens (tertiary/aromatic N) is 1. The van der Waals surface area contributed by atoms with E-state index in [1.165, 1.54) is 0 Å². The van der Waals surface area contributed by atoms with Crippen LogP contribution < -0.4 is 4.74 Å². The van der Waals surface area contributed by atoms with Crippen molar-refractivity contribution in [2.75, 3.05) is 19.7 Å². The van der Waals surface area contributed by atoms with Gasteiger partial charge in [-0.3, -0.25) is 4.79 Å². The molecule has 1 aromatic carbocycles. The number of aliphatic hydroxyl groups is 1. The van der Waals surface area contributed by atoms with Gasteiger partial charge in [-0.25, -0.2) is 0 Å². The van der Waals surface area contributed by atoms with Crippen LogP contribution in [0.15, 0.2) is 24.3 Å². The Balaban J connectivity index is 2.43.